The van der Waals surface area contributed by atoms with Gasteiger partial charge < -0.3 is 31.5 Å². The van der Waals surface area contributed by atoms with Crippen LogP contribution in [0.2, 0.25) is 0 Å². The summed E-state index contributed by atoms with van der Waals surface area (Å²) >= 11 is 0. The molecule has 10 nitrogen and oxygen atoms in total. The number of alkyl carbamates (subject to hydrolysis) is 1. The van der Waals surface area contributed by atoms with Crippen LogP contribution in [0.4, 0.5) is 4.79 Å². The molecule has 0 saturated carbocycles. The first-order valence-electron chi connectivity index (χ1n) is 13.9. The molecule has 0 atom stereocenters. The minimum absolute atomic E-state index is 0.200. The van der Waals surface area contributed by atoms with E-state index in [2.05, 4.69) is 22.9 Å². The van der Waals surface area contributed by atoms with Crippen LogP contribution in [0.1, 0.15) is 118 Å². The number of carboxylic acid groups (broad SMARTS) is 1. The van der Waals surface area contributed by atoms with Gasteiger partial charge in [-0.05, 0) is 59.4 Å². The second-order valence-electron chi connectivity index (χ2n) is 10.1. The van der Waals surface area contributed by atoms with Crippen LogP contribution in [-0.2, 0) is 19.1 Å². The molecular weight excluding hydrogens is 476 g/mol. The third-order valence-electron chi connectivity index (χ3n) is 5.15. The molecule has 10 heteroatoms. The van der Waals surface area contributed by atoms with Crippen molar-refractivity contribution in [2.75, 3.05) is 26.2 Å². The minimum atomic E-state index is -1.03. The Hall–Kier alpha value is -2.36. The van der Waals surface area contributed by atoms with Gasteiger partial charge in [-0.2, -0.15) is 0 Å². The number of hydrogen-bond acceptors (Lipinski definition) is 6. The number of carbonyl (C=O) groups excluding carboxylic acids is 3. The Morgan fingerprint density at radius 2 is 1.19 bits per heavy atom. The van der Waals surface area contributed by atoms with Crippen molar-refractivity contribution < 1.29 is 29.0 Å². The van der Waals surface area contributed by atoms with E-state index >= 15 is 0 Å². The highest BCUT2D eigenvalue weighted by Gasteiger charge is 2.15. The zero-order valence-corrected chi connectivity index (χ0v) is 23.8. The van der Waals surface area contributed by atoms with Crippen molar-refractivity contribution in [3.63, 3.8) is 0 Å². The lowest BCUT2D eigenvalue weighted by Gasteiger charge is -2.19. The Morgan fingerprint density at radius 1 is 0.703 bits per heavy atom. The zero-order valence-electron chi connectivity index (χ0n) is 23.8. The Morgan fingerprint density at radius 3 is 1.70 bits per heavy atom. The molecule has 0 aliphatic heterocycles. The summed E-state index contributed by atoms with van der Waals surface area (Å²) < 4.78 is 5.19. The Kier molecular flexibility index (Phi) is 25.2. The third kappa shape index (κ3) is 33.6. The van der Waals surface area contributed by atoms with E-state index in [-0.39, 0.29) is 24.5 Å². The van der Waals surface area contributed by atoms with E-state index in [1.54, 1.807) is 0 Å². The maximum Gasteiger partial charge on any atom is 0.407 e. The van der Waals surface area contributed by atoms with Gasteiger partial charge in [0.2, 0.25) is 11.8 Å². The summed E-state index contributed by atoms with van der Waals surface area (Å²) in [4.78, 5) is 43.8. The summed E-state index contributed by atoms with van der Waals surface area (Å²) in [6, 6.07) is 0. The van der Waals surface area contributed by atoms with Crippen molar-refractivity contribution in [1.82, 2.24) is 16.0 Å². The van der Waals surface area contributed by atoms with Gasteiger partial charge in [-0.25, -0.2) is 4.79 Å². The fraction of sp³-hybridized carbons (Fsp3) is 0.852. The molecule has 0 aliphatic rings. The summed E-state index contributed by atoms with van der Waals surface area (Å²) in [5, 5.41) is 16.2. The van der Waals surface area contributed by atoms with Gasteiger partial charge in [-0.1, -0.05) is 51.9 Å². The molecule has 0 fully saturated rings. The van der Waals surface area contributed by atoms with Gasteiger partial charge in [-0.3, -0.25) is 14.4 Å². The topological polar surface area (TPSA) is 160 Å². The van der Waals surface area contributed by atoms with Crippen LogP contribution >= 0.6 is 0 Å². The molecule has 0 radical (unpaired) electrons. The Bertz CT molecular complexity index is 608. The van der Waals surface area contributed by atoms with Gasteiger partial charge in [-0.15, -0.1) is 0 Å². The molecule has 0 heterocycles. The molecule has 0 aromatic heterocycles. The maximum absolute atomic E-state index is 11.5. The molecule has 3 amide bonds. The summed E-state index contributed by atoms with van der Waals surface area (Å²) in [7, 11) is 0. The molecule has 0 saturated heterocycles. The molecule has 0 aliphatic carbocycles. The molecular formula is C27H54N4O6. The lowest BCUT2D eigenvalue weighted by molar-refractivity contribution is -0.138. The van der Waals surface area contributed by atoms with E-state index in [1.807, 2.05) is 20.8 Å². The van der Waals surface area contributed by atoms with Crippen molar-refractivity contribution in [3.8, 4) is 0 Å². The molecule has 37 heavy (non-hydrogen) atoms. The van der Waals surface area contributed by atoms with Crippen LogP contribution in [-0.4, -0.2) is 60.8 Å². The molecule has 0 rings (SSSR count). The summed E-state index contributed by atoms with van der Waals surface area (Å²) in [5.41, 5.74) is 4.78. The number of carboxylic acids is 1. The summed E-state index contributed by atoms with van der Waals surface area (Å²) in [6.07, 6.45) is 13.5. The standard InChI is InChI=1S/C20H40N2O3.C7H14N2O3/c1-5-6-16-21-18(23)15-13-11-9-7-8-10-12-14-17-22-19(24)25-20(2,3)4;8-4-2-1-3-6(10)9-5-7(11)12/h5-17H2,1-4H3,(H,21,23)(H,22,24);1-5,8H2,(H,9,10)(H,11,12). The summed E-state index contributed by atoms with van der Waals surface area (Å²) in [6.45, 7) is 9.49. The van der Waals surface area contributed by atoms with Crippen molar-refractivity contribution in [3.05, 3.63) is 0 Å². The number of nitrogens with two attached hydrogens (primary N) is 1. The zero-order chi connectivity index (χ0) is 28.4. The second kappa shape index (κ2) is 25.3. The number of aliphatic carboxylic acids is 1. The minimum Gasteiger partial charge on any atom is -0.480 e. The number of nitrogens with one attached hydrogen (secondary N) is 3. The molecule has 0 bridgehead atoms. The molecule has 0 unspecified atom stereocenters. The van der Waals surface area contributed by atoms with Gasteiger partial charge in [0, 0.05) is 25.9 Å². The van der Waals surface area contributed by atoms with E-state index in [0.717, 1.165) is 51.5 Å². The average Bonchev–Trinajstić information content (AvgIpc) is 2.81. The molecule has 0 spiro atoms. The van der Waals surface area contributed by atoms with Crippen molar-refractivity contribution in [1.29, 1.82) is 0 Å². The lowest BCUT2D eigenvalue weighted by atomic mass is 10.1. The number of carbonyl (C=O) groups is 4. The highest BCUT2D eigenvalue weighted by molar-refractivity contribution is 5.81. The van der Waals surface area contributed by atoms with Gasteiger partial charge in [0.05, 0.1) is 0 Å². The van der Waals surface area contributed by atoms with Gasteiger partial charge >= 0.3 is 12.1 Å². The van der Waals surface area contributed by atoms with Crippen LogP contribution < -0.4 is 21.7 Å². The number of hydrogen-bond donors (Lipinski definition) is 5. The number of ether oxygens (including phenoxy) is 1. The largest absolute Gasteiger partial charge is 0.480 e. The van der Waals surface area contributed by atoms with Crippen molar-refractivity contribution >= 4 is 23.9 Å². The number of unbranched alkanes of at least 4 members (excludes halogenated alkanes) is 9. The van der Waals surface area contributed by atoms with E-state index in [9.17, 15) is 19.2 Å². The van der Waals surface area contributed by atoms with Gasteiger partial charge in [0.1, 0.15) is 12.1 Å². The van der Waals surface area contributed by atoms with E-state index < -0.39 is 11.6 Å². The highest BCUT2D eigenvalue weighted by Crippen LogP contribution is 2.10. The molecule has 6 N–H and O–H groups in total. The van der Waals surface area contributed by atoms with Crippen LogP contribution in [0.15, 0.2) is 0 Å². The lowest BCUT2D eigenvalue weighted by Crippen LogP contribution is -2.32. The van der Waals surface area contributed by atoms with Crippen LogP contribution in [0.3, 0.4) is 0 Å². The van der Waals surface area contributed by atoms with E-state index in [0.29, 0.717) is 32.4 Å². The second-order valence-corrected chi connectivity index (χ2v) is 10.1. The summed E-state index contributed by atoms with van der Waals surface area (Å²) in [5.74, 6) is -1.06. The van der Waals surface area contributed by atoms with Crippen LogP contribution in [0.5, 0.6) is 0 Å². The maximum atomic E-state index is 11.5. The monoisotopic (exact) mass is 530 g/mol. The number of amides is 3. The fourth-order valence-corrected chi connectivity index (χ4v) is 3.16. The van der Waals surface area contributed by atoms with Gasteiger partial charge in [0.25, 0.3) is 0 Å². The van der Waals surface area contributed by atoms with Gasteiger partial charge in [0.15, 0.2) is 0 Å². The van der Waals surface area contributed by atoms with Crippen molar-refractivity contribution in [2.24, 2.45) is 5.73 Å². The smallest absolute Gasteiger partial charge is 0.407 e. The third-order valence-corrected chi connectivity index (χ3v) is 5.15. The Labute approximate surface area is 224 Å². The van der Waals surface area contributed by atoms with Crippen LogP contribution in [0, 0.1) is 0 Å². The van der Waals surface area contributed by atoms with Crippen LogP contribution in [0.25, 0.3) is 0 Å². The first-order chi connectivity index (χ1) is 17.5. The van der Waals surface area contributed by atoms with E-state index in [4.69, 9.17) is 15.6 Å². The number of rotatable bonds is 20. The SMILES string of the molecule is CCCCNC(=O)CCCCCCCCCCNC(=O)OC(C)(C)C.NCCCCC(=O)NCC(=O)O. The predicted molar refractivity (Wildman–Crippen MR) is 147 cm³/mol. The molecule has 0 aromatic carbocycles. The highest BCUT2D eigenvalue weighted by atomic mass is 16.6. The first-order valence-corrected chi connectivity index (χ1v) is 13.9. The fourth-order valence-electron chi connectivity index (χ4n) is 3.16. The Balaban J connectivity index is 0. The van der Waals surface area contributed by atoms with E-state index in [1.165, 1.54) is 25.7 Å². The average molecular weight is 531 g/mol. The first kappa shape index (κ1) is 36.8. The molecule has 0 aromatic rings. The quantitative estimate of drug-likeness (QED) is 0.147. The molecule has 218 valence electrons. The normalized spacial score (nSPS) is 10.6. The predicted octanol–water partition coefficient (Wildman–Crippen LogP) is 4.25. The van der Waals surface area contributed by atoms with Crippen molar-refractivity contribution in [2.45, 2.75) is 123 Å².